The molecule has 0 fully saturated rings. The van der Waals surface area contributed by atoms with Crippen LogP contribution < -0.4 is 31.9 Å². The van der Waals surface area contributed by atoms with E-state index in [9.17, 15) is 33.6 Å². The molecule has 0 unspecified atom stereocenters. The Balaban J connectivity index is 1.02. The predicted octanol–water partition coefficient (Wildman–Crippen LogP) is 7.09. The molecule has 7 aromatic heterocycles. The lowest BCUT2D eigenvalue weighted by Gasteiger charge is -2.15. The summed E-state index contributed by atoms with van der Waals surface area (Å²) in [6, 6.07) is 12.9. The third-order valence-corrected chi connectivity index (χ3v) is 17.2. The van der Waals surface area contributed by atoms with Crippen molar-refractivity contribution in [3.05, 3.63) is 111 Å². The van der Waals surface area contributed by atoms with Crippen molar-refractivity contribution >= 4 is 116 Å². The Kier molecular flexibility index (Phi) is 19.9. The van der Waals surface area contributed by atoms with Crippen molar-refractivity contribution in [1.82, 2.24) is 56.2 Å². The number of amides is 6. The number of benzene rings is 1. The number of methoxy groups -OCH3 is 1. The van der Waals surface area contributed by atoms with Gasteiger partial charge >= 0.3 is 5.97 Å². The lowest BCUT2D eigenvalue weighted by Crippen LogP contribution is -2.34. The molecular weight excluding hydrogens is 1130 g/mol. The fraction of sp³-hybridized carbons (Fsp3) is 0.294. The zero-order valence-electron chi connectivity index (χ0n) is 42.6. The summed E-state index contributed by atoms with van der Waals surface area (Å²) in [5, 5.41) is 30.2. The predicted molar refractivity (Wildman–Crippen MR) is 303 cm³/mol. The van der Waals surface area contributed by atoms with Gasteiger partial charge in [-0.3, -0.25) is 38.5 Å². The van der Waals surface area contributed by atoms with Crippen LogP contribution in [0, 0.1) is 6.92 Å². The van der Waals surface area contributed by atoms with Crippen LogP contribution >= 0.6 is 68.0 Å². The van der Waals surface area contributed by atoms with Crippen LogP contribution in [0.1, 0.15) is 100.0 Å². The van der Waals surface area contributed by atoms with Gasteiger partial charge in [0.15, 0.2) is 0 Å². The number of nitrogens with one attached hydrogen (secondary N) is 4. The van der Waals surface area contributed by atoms with Crippen LogP contribution in [0.25, 0.3) is 43.4 Å². The molecule has 0 radical (unpaired) electrons. The number of carbonyl (C=O) groups excluding carboxylic acids is 6. The maximum atomic E-state index is 14.2. The minimum absolute atomic E-state index is 0.0377. The summed E-state index contributed by atoms with van der Waals surface area (Å²) < 4.78 is 5.21. The van der Waals surface area contributed by atoms with E-state index in [1.54, 1.807) is 35.1 Å². The van der Waals surface area contributed by atoms with Crippen molar-refractivity contribution in [2.75, 3.05) is 32.1 Å². The van der Waals surface area contributed by atoms with Gasteiger partial charge in [0.25, 0.3) is 17.7 Å². The first-order valence-corrected chi connectivity index (χ1v) is 29.5. The van der Waals surface area contributed by atoms with Gasteiger partial charge in [0.1, 0.15) is 65.0 Å². The Labute approximate surface area is 476 Å². The van der Waals surface area contributed by atoms with Crippen molar-refractivity contribution < 1.29 is 43.4 Å². The number of aryl methyl sites for hydroxylation is 3. The van der Waals surface area contributed by atoms with Crippen molar-refractivity contribution in [2.24, 2.45) is 5.73 Å². The quantitative estimate of drug-likeness (QED) is 0.0211. The fourth-order valence-electron chi connectivity index (χ4n) is 7.71. The van der Waals surface area contributed by atoms with Gasteiger partial charge in [-0.05, 0) is 43.9 Å². The third-order valence-electron chi connectivity index (χ3n) is 11.6. The van der Waals surface area contributed by atoms with E-state index in [0.29, 0.717) is 95.5 Å². The van der Waals surface area contributed by atoms with Gasteiger partial charge in [-0.15, -0.1) is 68.0 Å². The van der Waals surface area contributed by atoms with E-state index in [1.807, 2.05) is 35.0 Å². The zero-order valence-corrected chi connectivity index (χ0v) is 47.5. The second-order valence-corrected chi connectivity index (χ2v) is 23.2. The van der Waals surface area contributed by atoms with Crippen LogP contribution in [0.3, 0.4) is 0 Å². The average molecular weight is 1180 g/mol. The van der Waals surface area contributed by atoms with Crippen LogP contribution in [-0.4, -0.2) is 109 Å². The van der Waals surface area contributed by atoms with Gasteiger partial charge in [-0.1, -0.05) is 36.8 Å². The first-order valence-electron chi connectivity index (χ1n) is 24.3. The summed E-state index contributed by atoms with van der Waals surface area (Å²) in [7, 11) is 2.92. The van der Waals surface area contributed by atoms with E-state index >= 15 is 0 Å². The lowest BCUT2D eigenvalue weighted by molar-refractivity contribution is -0.137. The molecule has 22 nitrogen and oxygen atoms in total. The van der Waals surface area contributed by atoms with Crippen LogP contribution in [0.4, 0.5) is 5.82 Å². The highest BCUT2D eigenvalue weighted by molar-refractivity contribution is 7.15. The van der Waals surface area contributed by atoms with Gasteiger partial charge in [0.2, 0.25) is 18.2 Å². The lowest BCUT2D eigenvalue weighted by atomic mass is 10.1. The Morgan fingerprint density at radius 1 is 0.747 bits per heavy atom. The molecule has 0 aliphatic rings. The molecule has 7 N–H and O–H groups in total. The molecule has 6 amide bonds. The first kappa shape index (κ1) is 57.6. The summed E-state index contributed by atoms with van der Waals surface area (Å²) in [6.45, 7) is 1.66. The number of carboxylic acids is 1. The minimum atomic E-state index is -0.968. The maximum absolute atomic E-state index is 14.2. The largest absolute Gasteiger partial charge is 0.481 e. The average Bonchev–Trinajstić information content (AvgIpc) is 4.41. The molecule has 8 aromatic rings. The van der Waals surface area contributed by atoms with Crippen molar-refractivity contribution in [1.29, 1.82) is 0 Å². The monoisotopic (exact) mass is 1180 g/mol. The third kappa shape index (κ3) is 15.2. The van der Waals surface area contributed by atoms with Crippen LogP contribution in [0.2, 0.25) is 0 Å². The highest BCUT2D eigenvalue weighted by Crippen LogP contribution is 2.38. The molecular formula is C51H51N13O9S6. The summed E-state index contributed by atoms with van der Waals surface area (Å²) >= 11 is 7.78. The maximum Gasteiger partial charge on any atom is 0.303 e. The molecule has 8 rings (SSSR count). The topological polar surface area (TPSA) is 317 Å². The van der Waals surface area contributed by atoms with Crippen LogP contribution in [0.15, 0.2) is 64.0 Å². The molecule has 1 atom stereocenters. The summed E-state index contributed by atoms with van der Waals surface area (Å²) in [5.41, 5.74) is 9.35. The first-order chi connectivity index (χ1) is 38.2. The summed E-state index contributed by atoms with van der Waals surface area (Å²) in [4.78, 5) is 124. The van der Waals surface area contributed by atoms with Gasteiger partial charge in [-0.2, -0.15) is 0 Å². The number of aliphatic carboxylic acids is 1. The number of aromatic nitrogens is 7. The molecule has 79 heavy (non-hydrogen) atoms. The summed E-state index contributed by atoms with van der Waals surface area (Å²) in [5.74, 6) is -3.33. The molecule has 0 spiro atoms. The fourth-order valence-corrected chi connectivity index (χ4v) is 12.9. The molecule has 1 aromatic carbocycles. The van der Waals surface area contributed by atoms with Crippen molar-refractivity contribution in [3.8, 4) is 43.4 Å². The molecule has 28 heteroatoms. The standard InChI is InChI=1S/C51H51N13O9S6/c1-27-42(46(71)55-20-40-62-44(35(79-40)21-73-3)47(72)54-19-36(52)66)63-51(78-27)31(18-38(67)53-2)58-45(70)33-23-75-48(60-33)29-14-15-30(49-61-37(25-77-49)64(26-65)17-9-5-8-12-41(68)69)57-43(29)32-22-76-50(59-32)34-24-74-39(56-34)16-13-28-10-6-4-7-11-28/h4,6-7,10-11,14-15,22-26,31H,5,8-9,12-13,16-21H2,1-3H3,(H2,52,66)(H,53,67)(H,54,72)(H,55,71)(H,58,70)(H,68,69)/t31-/m0/s1. The van der Waals surface area contributed by atoms with Crippen LogP contribution in [-0.2, 0) is 49.9 Å². The number of ether oxygens (including phenoxy) is 1. The minimum Gasteiger partial charge on any atom is -0.481 e. The molecule has 0 saturated heterocycles. The second-order valence-electron chi connectivity index (χ2n) is 17.3. The second kappa shape index (κ2) is 27.3. The number of rotatable bonds is 28. The van der Waals surface area contributed by atoms with Gasteiger partial charge in [-0.25, -0.2) is 34.9 Å². The number of hydrogen-bond donors (Lipinski definition) is 6. The number of unbranched alkanes of at least 4 members (excludes halogenated alkanes) is 2. The number of carbonyl (C=O) groups is 7. The van der Waals surface area contributed by atoms with E-state index in [1.165, 1.54) is 58.6 Å². The number of hydrogen-bond acceptors (Lipinski definition) is 21. The Morgan fingerprint density at radius 2 is 1.51 bits per heavy atom. The van der Waals surface area contributed by atoms with E-state index in [0.717, 1.165) is 46.2 Å². The molecule has 410 valence electrons. The normalized spacial score (nSPS) is 11.5. The van der Waals surface area contributed by atoms with Gasteiger partial charge in [0.05, 0.1) is 47.7 Å². The zero-order chi connectivity index (χ0) is 56.0. The SMILES string of the molecule is CNC(=O)C[C@H](NC(=O)c1csc(-c2ccc(-c3nc(N(C=O)CCCCCC(=O)O)cs3)nc2-c2csc(-c3csc(CCc4ccccc4)n3)n2)n1)c1nc(C(=O)NCc2nc(C(=O)NCC(N)=O)c(COC)s2)c(C)s1. The van der Waals surface area contributed by atoms with Crippen molar-refractivity contribution in [3.63, 3.8) is 0 Å². The van der Waals surface area contributed by atoms with E-state index in [-0.39, 0.29) is 49.6 Å². The Bertz CT molecular complexity index is 3480. The number of carboxylic acid groups (broad SMARTS) is 1. The molecule has 0 saturated carbocycles. The number of nitrogens with zero attached hydrogens (tertiary/aromatic N) is 8. The molecule has 0 aliphatic heterocycles. The highest BCUT2D eigenvalue weighted by Gasteiger charge is 2.28. The smallest absolute Gasteiger partial charge is 0.303 e. The number of thiazole rings is 6. The number of pyridine rings is 1. The van der Waals surface area contributed by atoms with Crippen molar-refractivity contribution in [2.45, 2.75) is 71.1 Å². The molecule has 0 aliphatic carbocycles. The van der Waals surface area contributed by atoms with E-state index in [2.05, 4.69) is 43.4 Å². The number of anilines is 1. The molecule has 7 heterocycles. The van der Waals surface area contributed by atoms with Crippen LogP contribution in [0.5, 0.6) is 0 Å². The Hall–Kier alpha value is -7.60. The summed E-state index contributed by atoms with van der Waals surface area (Å²) in [6.07, 6.45) is 3.92. The van der Waals surface area contributed by atoms with Gasteiger partial charge in [0, 0.05) is 65.5 Å². The number of primary amides is 1. The Morgan fingerprint density at radius 3 is 2.27 bits per heavy atom. The van der Waals surface area contributed by atoms with E-state index in [4.69, 9.17) is 40.5 Å². The van der Waals surface area contributed by atoms with E-state index < -0.39 is 41.5 Å². The molecule has 0 bridgehead atoms. The highest BCUT2D eigenvalue weighted by atomic mass is 32.1. The van der Waals surface area contributed by atoms with Gasteiger partial charge < -0.3 is 36.8 Å². The number of nitrogens with two attached hydrogens (primary N) is 1.